The molecule has 0 aliphatic rings. The van der Waals surface area contributed by atoms with Gasteiger partial charge < -0.3 is 4.42 Å². The SMILES string of the molecule is O=c1c2ccccc2nc2c3occc3n(-c3ccccc3)n12. The fourth-order valence-corrected chi connectivity index (χ4v) is 3.02. The summed E-state index contributed by atoms with van der Waals surface area (Å²) in [4.78, 5) is 17.6. The van der Waals surface area contributed by atoms with Gasteiger partial charge in [-0.3, -0.25) is 4.79 Å². The van der Waals surface area contributed by atoms with Gasteiger partial charge in [0.15, 0.2) is 5.58 Å². The van der Waals surface area contributed by atoms with Crippen molar-refractivity contribution < 1.29 is 4.42 Å². The Labute approximate surface area is 130 Å². The summed E-state index contributed by atoms with van der Waals surface area (Å²) in [5.41, 5.74) is 3.39. The first-order valence-electron chi connectivity index (χ1n) is 7.30. The Kier molecular flexibility index (Phi) is 2.30. The Balaban J connectivity index is 2.09. The van der Waals surface area contributed by atoms with Crippen molar-refractivity contribution >= 4 is 27.6 Å². The molecule has 0 saturated carbocycles. The highest BCUT2D eigenvalue weighted by Crippen LogP contribution is 2.25. The number of nitrogens with zero attached hydrogens (tertiary/aromatic N) is 3. The quantitative estimate of drug-likeness (QED) is 0.477. The standard InChI is InChI=1S/C18H11N3O2/c22-18-13-8-4-5-9-14(13)19-17-16-15(10-11-23-16)20(21(17)18)12-6-2-1-3-7-12/h1-11H. The minimum Gasteiger partial charge on any atom is -0.459 e. The molecule has 0 aliphatic carbocycles. The lowest BCUT2D eigenvalue weighted by molar-refractivity contribution is 0.617. The Hall–Kier alpha value is -3.34. The van der Waals surface area contributed by atoms with E-state index in [1.165, 1.54) is 0 Å². The smallest absolute Gasteiger partial charge is 0.281 e. The van der Waals surface area contributed by atoms with E-state index in [-0.39, 0.29) is 5.56 Å². The van der Waals surface area contributed by atoms with Gasteiger partial charge in [0.05, 0.1) is 22.9 Å². The lowest BCUT2D eigenvalue weighted by atomic mass is 10.2. The molecule has 110 valence electrons. The van der Waals surface area contributed by atoms with Crippen LogP contribution in [0, 0.1) is 0 Å². The molecule has 5 nitrogen and oxygen atoms in total. The molecule has 0 aliphatic heterocycles. The molecule has 3 heterocycles. The summed E-state index contributed by atoms with van der Waals surface area (Å²) < 4.78 is 9.01. The molecule has 0 atom stereocenters. The maximum absolute atomic E-state index is 13.0. The molecule has 0 radical (unpaired) electrons. The van der Waals surface area contributed by atoms with Gasteiger partial charge in [-0.25, -0.2) is 9.67 Å². The minimum atomic E-state index is -0.110. The van der Waals surface area contributed by atoms with E-state index in [0.29, 0.717) is 22.1 Å². The molecule has 0 unspecified atom stereocenters. The Morgan fingerprint density at radius 2 is 1.70 bits per heavy atom. The summed E-state index contributed by atoms with van der Waals surface area (Å²) in [6.07, 6.45) is 1.62. The molecule has 0 amide bonds. The number of aromatic nitrogens is 3. The maximum atomic E-state index is 13.0. The third-order valence-electron chi connectivity index (χ3n) is 4.03. The summed E-state index contributed by atoms with van der Waals surface area (Å²) in [6, 6.07) is 18.9. The predicted octanol–water partition coefficient (Wildman–Crippen LogP) is 3.38. The third kappa shape index (κ3) is 1.56. The van der Waals surface area contributed by atoms with Gasteiger partial charge in [-0.15, -0.1) is 0 Å². The molecule has 0 spiro atoms. The van der Waals surface area contributed by atoms with E-state index < -0.39 is 0 Å². The minimum absolute atomic E-state index is 0.110. The summed E-state index contributed by atoms with van der Waals surface area (Å²) >= 11 is 0. The average Bonchev–Trinajstić information content (AvgIpc) is 3.17. The van der Waals surface area contributed by atoms with Crippen LogP contribution in [0.3, 0.4) is 0 Å². The second-order valence-corrected chi connectivity index (χ2v) is 5.35. The molecule has 3 aromatic heterocycles. The summed E-state index contributed by atoms with van der Waals surface area (Å²) in [5, 5.41) is 0.585. The topological polar surface area (TPSA) is 52.4 Å². The van der Waals surface area contributed by atoms with E-state index in [0.717, 1.165) is 11.2 Å². The zero-order valence-corrected chi connectivity index (χ0v) is 12.0. The van der Waals surface area contributed by atoms with Crippen molar-refractivity contribution in [2.45, 2.75) is 0 Å². The molecule has 2 aromatic carbocycles. The van der Waals surface area contributed by atoms with Gasteiger partial charge in [0.2, 0.25) is 5.65 Å². The van der Waals surface area contributed by atoms with Crippen LogP contribution in [0.4, 0.5) is 0 Å². The van der Waals surface area contributed by atoms with E-state index in [1.54, 1.807) is 16.8 Å². The highest BCUT2D eigenvalue weighted by atomic mass is 16.3. The van der Waals surface area contributed by atoms with Gasteiger partial charge in [-0.2, -0.15) is 4.52 Å². The van der Waals surface area contributed by atoms with Crippen LogP contribution in [0.25, 0.3) is 33.3 Å². The van der Waals surface area contributed by atoms with Crippen LogP contribution < -0.4 is 5.56 Å². The number of furan rings is 1. The zero-order valence-electron chi connectivity index (χ0n) is 12.0. The highest BCUT2D eigenvalue weighted by Gasteiger charge is 2.18. The molecular weight excluding hydrogens is 290 g/mol. The molecule has 5 aromatic rings. The fraction of sp³-hybridized carbons (Fsp3) is 0. The monoisotopic (exact) mass is 301 g/mol. The third-order valence-corrected chi connectivity index (χ3v) is 4.03. The summed E-state index contributed by atoms with van der Waals surface area (Å²) in [6.45, 7) is 0. The van der Waals surface area contributed by atoms with E-state index in [4.69, 9.17) is 4.42 Å². The first-order valence-corrected chi connectivity index (χ1v) is 7.30. The van der Waals surface area contributed by atoms with Crippen molar-refractivity contribution in [3.8, 4) is 5.69 Å². The van der Waals surface area contributed by atoms with Gasteiger partial charge in [-0.05, 0) is 24.3 Å². The first kappa shape index (κ1) is 12.2. The number of benzene rings is 2. The highest BCUT2D eigenvalue weighted by molar-refractivity contribution is 5.92. The van der Waals surface area contributed by atoms with E-state index in [1.807, 2.05) is 59.3 Å². The number of rotatable bonds is 1. The molecule has 5 heteroatoms. The number of para-hydroxylation sites is 2. The number of hydrogen-bond donors (Lipinski definition) is 0. The van der Waals surface area contributed by atoms with Crippen molar-refractivity contribution in [1.82, 2.24) is 14.2 Å². The van der Waals surface area contributed by atoms with Gasteiger partial charge >= 0.3 is 0 Å². The van der Waals surface area contributed by atoms with E-state index in [9.17, 15) is 4.79 Å². The zero-order chi connectivity index (χ0) is 15.4. The molecule has 0 bridgehead atoms. The van der Waals surface area contributed by atoms with Crippen molar-refractivity contribution in [1.29, 1.82) is 0 Å². The lowest BCUT2D eigenvalue weighted by Gasteiger charge is -2.07. The lowest BCUT2D eigenvalue weighted by Crippen LogP contribution is -2.20. The summed E-state index contributed by atoms with van der Waals surface area (Å²) in [7, 11) is 0. The fourth-order valence-electron chi connectivity index (χ4n) is 3.02. The molecule has 0 fully saturated rings. The normalized spacial score (nSPS) is 11.7. The molecule has 0 saturated heterocycles. The van der Waals surface area contributed by atoms with Crippen LogP contribution >= 0.6 is 0 Å². The van der Waals surface area contributed by atoms with Gasteiger partial charge in [-0.1, -0.05) is 30.3 Å². The van der Waals surface area contributed by atoms with Crippen LogP contribution in [0.5, 0.6) is 0 Å². The van der Waals surface area contributed by atoms with Crippen molar-refractivity contribution in [3.63, 3.8) is 0 Å². The van der Waals surface area contributed by atoms with E-state index in [2.05, 4.69) is 4.98 Å². The Morgan fingerprint density at radius 3 is 2.57 bits per heavy atom. The maximum Gasteiger partial charge on any atom is 0.281 e. The molecule has 0 N–H and O–H groups in total. The predicted molar refractivity (Wildman–Crippen MR) is 88.1 cm³/mol. The van der Waals surface area contributed by atoms with Gasteiger partial charge in [0.1, 0.15) is 5.52 Å². The molecule has 5 rings (SSSR count). The van der Waals surface area contributed by atoms with Gasteiger partial charge in [0, 0.05) is 6.07 Å². The van der Waals surface area contributed by atoms with Crippen LogP contribution in [0.1, 0.15) is 0 Å². The largest absolute Gasteiger partial charge is 0.459 e. The number of hydrogen-bond acceptors (Lipinski definition) is 3. The Bertz CT molecular complexity index is 1230. The molecule has 23 heavy (non-hydrogen) atoms. The van der Waals surface area contributed by atoms with Crippen LogP contribution in [-0.2, 0) is 0 Å². The van der Waals surface area contributed by atoms with E-state index >= 15 is 0 Å². The van der Waals surface area contributed by atoms with Crippen LogP contribution in [0.15, 0.2) is 76.1 Å². The average molecular weight is 301 g/mol. The Morgan fingerprint density at radius 1 is 0.913 bits per heavy atom. The van der Waals surface area contributed by atoms with Gasteiger partial charge in [0.25, 0.3) is 5.56 Å². The summed E-state index contributed by atoms with van der Waals surface area (Å²) in [5.74, 6) is 0. The van der Waals surface area contributed by atoms with Crippen molar-refractivity contribution in [3.05, 3.63) is 77.3 Å². The second-order valence-electron chi connectivity index (χ2n) is 5.35. The first-order chi connectivity index (χ1) is 11.3. The van der Waals surface area contributed by atoms with Crippen LogP contribution in [-0.4, -0.2) is 14.2 Å². The molecular formula is C18H11N3O2. The van der Waals surface area contributed by atoms with Crippen LogP contribution in [0.2, 0.25) is 0 Å². The van der Waals surface area contributed by atoms with Crippen molar-refractivity contribution in [2.75, 3.05) is 0 Å². The second kappa shape index (κ2) is 4.33. The number of fused-ring (bicyclic) bond motifs is 4. The van der Waals surface area contributed by atoms with Crippen molar-refractivity contribution in [2.24, 2.45) is 0 Å².